The fraction of sp³-hybridized carbons (Fsp3) is 0.0714. The Morgan fingerprint density at radius 3 is 1.41 bits per heavy atom. The normalized spacial score (nSPS) is 10.5. The number of carbonyl (C=O) groups is 2. The Labute approximate surface area is 214 Å². The van der Waals surface area contributed by atoms with E-state index in [0.717, 1.165) is 43.8 Å². The van der Waals surface area contributed by atoms with E-state index in [4.69, 9.17) is 9.47 Å². The molecule has 0 aliphatic rings. The first-order valence-corrected chi connectivity index (χ1v) is 12.1. The molecule has 0 aliphatic heterocycles. The molecule has 170 valence electrons. The van der Waals surface area contributed by atoms with Crippen LogP contribution in [0.15, 0.2) is 93.9 Å². The van der Waals surface area contributed by atoms with E-state index in [0.29, 0.717) is 35.8 Å². The average molecular weight is 580 g/mol. The molecule has 0 amide bonds. The van der Waals surface area contributed by atoms with Gasteiger partial charge in [0.15, 0.2) is 0 Å². The third-order valence-electron chi connectivity index (χ3n) is 5.16. The van der Waals surface area contributed by atoms with Gasteiger partial charge in [-0.2, -0.15) is 0 Å². The van der Waals surface area contributed by atoms with Crippen LogP contribution in [0.4, 0.5) is 0 Å². The lowest BCUT2D eigenvalue weighted by atomic mass is 10.0. The summed E-state index contributed by atoms with van der Waals surface area (Å²) in [5.74, 6) is 1.37. The Kier molecular flexibility index (Phi) is 7.93. The molecule has 0 atom stereocenters. The van der Waals surface area contributed by atoms with Crippen LogP contribution in [0.3, 0.4) is 0 Å². The number of hydrogen-bond acceptors (Lipinski definition) is 4. The van der Waals surface area contributed by atoms with Crippen molar-refractivity contribution < 1.29 is 19.1 Å². The van der Waals surface area contributed by atoms with E-state index in [2.05, 4.69) is 56.1 Å². The van der Waals surface area contributed by atoms with Crippen LogP contribution in [-0.4, -0.2) is 12.6 Å². The SMILES string of the molecule is O=Cc1ccc(OCc2cccc(-c3cccc(COc4ccc(C=O)cc4Br)c3)c2)c(Br)c1. The van der Waals surface area contributed by atoms with Gasteiger partial charge in [-0.15, -0.1) is 0 Å². The first-order chi connectivity index (χ1) is 16.6. The number of rotatable bonds is 9. The highest BCUT2D eigenvalue weighted by molar-refractivity contribution is 9.10. The number of benzene rings is 4. The summed E-state index contributed by atoms with van der Waals surface area (Å²) in [4.78, 5) is 21.8. The van der Waals surface area contributed by atoms with E-state index in [1.807, 2.05) is 24.3 Å². The minimum absolute atomic E-state index is 0.403. The van der Waals surface area contributed by atoms with Gasteiger partial charge in [0.25, 0.3) is 0 Å². The lowest BCUT2D eigenvalue weighted by Gasteiger charge is -2.12. The Morgan fingerprint density at radius 1 is 0.588 bits per heavy atom. The Morgan fingerprint density at radius 2 is 1.03 bits per heavy atom. The van der Waals surface area contributed by atoms with Crippen LogP contribution in [0.25, 0.3) is 11.1 Å². The smallest absolute Gasteiger partial charge is 0.150 e. The van der Waals surface area contributed by atoms with Crippen molar-refractivity contribution in [3.05, 3.63) is 116 Å². The molecule has 0 aromatic heterocycles. The van der Waals surface area contributed by atoms with Gasteiger partial charge in [0.2, 0.25) is 0 Å². The summed E-state index contributed by atoms with van der Waals surface area (Å²) in [6.45, 7) is 0.807. The van der Waals surface area contributed by atoms with Gasteiger partial charge in [0.05, 0.1) is 8.95 Å². The number of hydrogen-bond donors (Lipinski definition) is 0. The van der Waals surface area contributed by atoms with Crippen LogP contribution in [0.5, 0.6) is 11.5 Å². The summed E-state index contributed by atoms with van der Waals surface area (Å²) in [6, 6.07) is 26.9. The van der Waals surface area contributed by atoms with Crippen molar-refractivity contribution >= 4 is 44.4 Å². The standard InChI is InChI=1S/C28H20Br2O4/c29-25-13-19(15-31)7-9-27(25)33-17-21-3-1-5-23(11-21)24-6-2-4-22(12-24)18-34-28-10-8-20(16-32)14-26(28)30/h1-16H,17-18H2. The summed E-state index contributed by atoms with van der Waals surface area (Å²) in [7, 11) is 0. The Hall–Kier alpha value is -3.22. The minimum Gasteiger partial charge on any atom is -0.488 e. The van der Waals surface area contributed by atoms with Gasteiger partial charge >= 0.3 is 0 Å². The van der Waals surface area contributed by atoms with Crippen molar-refractivity contribution in [1.29, 1.82) is 0 Å². The van der Waals surface area contributed by atoms with E-state index in [-0.39, 0.29) is 0 Å². The molecule has 4 aromatic rings. The number of aldehydes is 2. The predicted molar refractivity (Wildman–Crippen MR) is 140 cm³/mol. The van der Waals surface area contributed by atoms with Crippen LogP contribution in [0.1, 0.15) is 31.8 Å². The van der Waals surface area contributed by atoms with E-state index in [9.17, 15) is 9.59 Å². The maximum absolute atomic E-state index is 10.9. The zero-order valence-corrected chi connectivity index (χ0v) is 21.2. The lowest BCUT2D eigenvalue weighted by molar-refractivity contribution is 0.111. The van der Waals surface area contributed by atoms with Gasteiger partial charge in [0, 0.05) is 11.1 Å². The molecule has 0 heterocycles. The fourth-order valence-corrected chi connectivity index (χ4v) is 4.44. The molecule has 0 fully saturated rings. The van der Waals surface area contributed by atoms with Crippen LogP contribution >= 0.6 is 31.9 Å². The summed E-state index contributed by atoms with van der Waals surface area (Å²) >= 11 is 6.90. The molecule has 0 bridgehead atoms. The maximum atomic E-state index is 10.9. The molecule has 0 N–H and O–H groups in total. The van der Waals surface area contributed by atoms with E-state index < -0.39 is 0 Å². The van der Waals surface area contributed by atoms with Gasteiger partial charge in [0.1, 0.15) is 37.3 Å². The van der Waals surface area contributed by atoms with Crippen molar-refractivity contribution in [3.63, 3.8) is 0 Å². The monoisotopic (exact) mass is 578 g/mol. The number of ether oxygens (including phenoxy) is 2. The van der Waals surface area contributed by atoms with E-state index >= 15 is 0 Å². The van der Waals surface area contributed by atoms with Gasteiger partial charge in [-0.25, -0.2) is 0 Å². The third-order valence-corrected chi connectivity index (χ3v) is 6.40. The highest BCUT2D eigenvalue weighted by Crippen LogP contribution is 2.29. The largest absolute Gasteiger partial charge is 0.488 e. The maximum Gasteiger partial charge on any atom is 0.150 e. The van der Waals surface area contributed by atoms with Crippen molar-refractivity contribution in [2.75, 3.05) is 0 Å². The topological polar surface area (TPSA) is 52.6 Å². The average Bonchev–Trinajstić information content (AvgIpc) is 2.87. The molecule has 0 saturated carbocycles. The summed E-state index contributed by atoms with van der Waals surface area (Å²) in [5.41, 5.74) is 5.41. The summed E-state index contributed by atoms with van der Waals surface area (Å²) in [5, 5.41) is 0. The van der Waals surface area contributed by atoms with Gasteiger partial charge in [-0.05, 0) is 103 Å². The van der Waals surface area contributed by atoms with E-state index in [1.54, 1.807) is 36.4 Å². The van der Waals surface area contributed by atoms with E-state index in [1.165, 1.54) is 0 Å². The molecule has 0 radical (unpaired) electrons. The quantitative estimate of drug-likeness (QED) is 0.191. The fourth-order valence-electron chi connectivity index (χ4n) is 3.42. The molecule has 0 aliphatic carbocycles. The second kappa shape index (κ2) is 11.3. The van der Waals surface area contributed by atoms with Crippen molar-refractivity contribution in [3.8, 4) is 22.6 Å². The zero-order chi connectivity index (χ0) is 23.9. The highest BCUT2D eigenvalue weighted by atomic mass is 79.9. The molecule has 0 spiro atoms. The minimum atomic E-state index is 0.403. The first-order valence-electron chi connectivity index (χ1n) is 10.5. The molecule has 0 saturated heterocycles. The number of halogens is 2. The zero-order valence-electron chi connectivity index (χ0n) is 18.0. The molecular formula is C28H20Br2O4. The first kappa shape index (κ1) is 23.9. The third kappa shape index (κ3) is 6.01. The predicted octanol–water partition coefficient (Wildman–Crippen LogP) is 7.66. The summed E-state index contributed by atoms with van der Waals surface area (Å²) < 4.78 is 13.4. The van der Waals surface area contributed by atoms with Gasteiger partial charge in [-0.3, -0.25) is 9.59 Å². The molecule has 4 nitrogen and oxygen atoms in total. The van der Waals surface area contributed by atoms with Crippen molar-refractivity contribution in [2.24, 2.45) is 0 Å². The van der Waals surface area contributed by atoms with Crippen LogP contribution in [0, 0.1) is 0 Å². The molecule has 6 heteroatoms. The van der Waals surface area contributed by atoms with Crippen molar-refractivity contribution in [2.45, 2.75) is 13.2 Å². The Balaban J connectivity index is 1.44. The van der Waals surface area contributed by atoms with Crippen LogP contribution < -0.4 is 9.47 Å². The molecule has 0 unspecified atom stereocenters. The van der Waals surface area contributed by atoms with Gasteiger partial charge in [-0.1, -0.05) is 36.4 Å². The lowest BCUT2D eigenvalue weighted by Crippen LogP contribution is -1.98. The highest BCUT2D eigenvalue weighted by Gasteiger charge is 2.07. The van der Waals surface area contributed by atoms with Crippen molar-refractivity contribution in [1.82, 2.24) is 0 Å². The second-order valence-electron chi connectivity index (χ2n) is 7.59. The van der Waals surface area contributed by atoms with Gasteiger partial charge < -0.3 is 9.47 Å². The molecular weight excluding hydrogens is 560 g/mol. The molecule has 34 heavy (non-hydrogen) atoms. The van der Waals surface area contributed by atoms with Crippen LogP contribution in [0.2, 0.25) is 0 Å². The Bertz CT molecular complexity index is 1230. The molecule has 4 aromatic carbocycles. The number of carbonyl (C=O) groups excluding carboxylic acids is 2. The molecule has 4 rings (SSSR count). The second-order valence-corrected chi connectivity index (χ2v) is 9.30. The summed E-state index contributed by atoms with van der Waals surface area (Å²) in [6.07, 6.45) is 1.61. The van der Waals surface area contributed by atoms with Crippen LogP contribution in [-0.2, 0) is 13.2 Å².